The van der Waals surface area contributed by atoms with Crippen molar-refractivity contribution in [3.63, 3.8) is 0 Å². The van der Waals surface area contributed by atoms with Crippen molar-refractivity contribution in [3.05, 3.63) is 42.2 Å². The highest BCUT2D eigenvalue weighted by atomic mass is 16.5. The molecule has 1 heterocycles. The van der Waals surface area contributed by atoms with Crippen LogP contribution in [0, 0.1) is 5.92 Å². The van der Waals surface area contributed by atoms with Gasteiger partial charge in [0.15, 0.2) is 5.96 Å². The summed E-state index contributed by atoms with van der Waals surface area (Å²) in [6.07, 6.45) is 2.89. The molecule has 0 aliphatic rings. The molecule has 0 aliphatic carbocycles. The first kappa shape index (κ1) is 20.8. The van der Waals surface area contributed by atoms with Crippen LogP contribution < -0.4 is 15.4 Å². The van der Waals surface area contributed by atoms with Gasteiger partial charge in [-0.3, -0.25) is 4.99 Å². The Kier molecular flexibility index (Phi) is 8.64. The maximum atomic E-state index is 5.58. The highest BCUT2D eigenvalue weighted by Gasteiger charge is 2.04. The van der Waals surface area contributed by atoms with E-state index in [1.54, 1.807) is 14.2 Å². The van der Waals surface area contributed by atoms with Crippen LogP contribution in [-0.2, 0) is 11.3 Å². The second kappa shape index (κ2) is 11.2. The second-order valence-corrected chi connectivity index (χ2v) is 6.62. The number of nitrogens with zero attached hydrogens (tertiary/aromatic N) is 3. The van der Waals surface area contributed by atoms with Crippen molar-refractivity contribution >= 4 is 5.96 Å². The van der Waals surface area contributed by atoms with Gasteiger partial charge >= 0.3 is 0 Å². The molecule has 7 heteroatoms. The maximum Gasteiger partial charge on any atom is 0.191 e. The highest BCUT2D eigenvalue weighted by molar-refractivity contribution is 5.79. The van der Waals surface area contributed by atoms with Crippen molar-refractivity contribution in [2.45, 2.75) is 26.8 Å². The predicted octanol–water partition coefficient (Wildman–Crippen LogP) is 2.61. The van der Waals surface area contributed by atoms with Gasteiger partial charge < -0.3 is 20.1 Å². The van der Waals surface area contributed by atoms with Crippen LogP contribution in [0.15, 0.2) is 41.5 Å². The van der Waals surface area contributed by atoms with E-state index >= 15 is 0 Å². The molecular formula is C20H31N5O2. The van der Waals surface area contributed by atoms with E-state index in [-0.39, 0.29) is 0 Å². The third kappa shape index (κ3) is 7.30. The van der Waals surface area contributed by atoms with Crippen LogP contribution in [0.2, 0.25) is 0 Å². The standard InChI is InChI=1S/C20H31N5O2/c1-16(2)15-27-13-5-11-22-20(21-3)23-14-17-10-12-25(24-17)18-6-8-19(26-4)9-7-18/h6-10,12,16H,5,11,13-15H2,1-4H3,(H2,21,22,23). The Morgan fingerprint density at radius 3 is 2.63 bits per heavy atom. The Balaban J connectivity index is 1.74. The molecule has 0 saturated carbocycles. The number of benzene rings is 1. The van der Waals surface area contributed by atoms with Crippen LogP contribution >= 0.6 is 0 Å². The maximum absolute atomic E-state index is 5.58. The quantitative estimate of drug-likeness (QED) is 0.380. The first-order chi connectivity index (χ1) is 13.1. The molecule has 1 aromatic carbocycles. The molecule has 2 N–H and O–H groups in total. The minimum absolute atomic E-state index is 0.574. The summed E-state index contributed by atoms with van der Waals surface area (Å²) in [4.78, 5) is 4.24. The lowest BCUT2D eigenvalue weighted by Crippen LogP contribution is -2.37. The zero-order valence-corrected chi connectivity index (χ0v) is 16.7. The van der Waals surface area contributed by atoms with Crippen molar-refractivity contribution < 1.29 is 9.47 Å². The van der Waals surface area contributed by atoms with Gasteiger partial charge in [0.05, 0.1) is 25.0 Å². The molecule has 7 nitrogen and oxygen atoms in total. The molecule has 0 bridgehead atoms. The molecule has 0 amide bonds. The van der Waals surface area contributed by atoms with Gasteiger partial charge in [0.1, 0.15) is 5.75 Å². The topological polar surface area (TPSA) is 72.7 Å². The number of guanidine groups is 1. The molecule has 148 valence electrons. The summed E-state index contributed by atoms with van der Waals surface area (Å²) in [5.41, 5.74) is 1.93. The second-order valence-electron chi connectivity index (χ2n) is 6.62. The molecular weight excluding hydrogens is 342 g/mol. The van der Waals surface area contributed by atoms with Crippen LogP contribution in [0.5, 0.6) is 5.75 Å². The summed E-state index contributed by atoms with van der Waals surface area (Å²) in [7, 11) is 3.42. The van der Waals surface area contributed by atoms with Crippen molar-refractivity contribution in [2.75, 3.05) is 33.9 Å². The monoisotopic (exact) mass is 373 g/mol. The Morgan fingerprint density at radius 1 is 1.19 bits per heavy atom. The summed E-state index contributed by atoms with van der Waals surface area (Å²) >= 11 is 0. The third-order valence-corrected chi connectivity index (χ3v) is 3.85. The molecule has 0 atom stereocenters. The molecule has 0 fully saturated rings. The first-order valence-electron chi connectivity index (χ1n) is 9.33. The first-order valence-corrected chi connectivity index (χ1v) is 9.33. The third-order valence-electron chi connectivity index (χ3n) is 3.85. The normalized spacial score (nSPS) is 11.7. The van der Waals surface area contributed by atoms with Gasteiger partial charge in [0.2, 0.25) is 0 Å². The largest absolute Gasteiger partial charge is 0.497 e. The molecule has 0 aliphatic heterocycles. The smallest absolute Gasteiger partial charge is 0.191 e. The Bertz CT molecular complexity index is 695. The Hall–Kier alpha value is -2.54. The molecule has 2 rings (SSSR count). The molecule has 2 aromatic rings. The lowest BCUT2D eigenvalue weighted by molar-refractivity contribution is 0.108. The van der Waals surface area contributed by atoms with E-state index in [9.17, 15) is 0 Å². The number of hydrogen-bond donors (Lipinski definition) is 2. The van der Waals surface area contributed by atoms with Gasteiger partial charge in [-0.2, -0.15) is 5.10 Å². The fraction of sp³-hybridized carbons (Fsp3) is 0.500. The van der Waals surface area contributed by atoms with E-state index in [0.29, 0.717) is 12.5 Å². The van der Waals surface area contributed by atoms with Crippen LogP contribution in [-0.4, -0.2) is 49.7 Å². The van der Waals surface area contributed by atoms with E-state index in [2.05, 4.69) is 34.6 Å². The molecule has 1 aromatic heterocycles. The molecule has 27 heavy (non-hydrogen) atoms. The molecule has 0 unspecified atom stereocenters. The highest BCUT2D eigenvalue weighted by Crippen LogP contribution is 2.14. The van der Waals surface area contributed by atoms with Crippen molar-refractivity contribution in [1.82, 2.24) is 20.4 Å². The minimum Gasteiger partial charge on any atom is -0.497 e. The molecule has 0 radical (unpaired) electrons. The van der Waals surface area contributed by atoms with Crippen LogP contribution in [0.1, 0.15) is 26.0 Å². The van der Waals surface area contributed by atoms with Crippen molar-refractivity contribution in [1.29, 1.82) is 0 Å². The minimum atomic E-state index is 0.574. The Morgan fingerprint density at radius 2 is 1.96 bits per heavy atom. The van der Waals surface area contributed by atoms with E-state index in [4.69, 9.17) is 9.47 Å². The average molecular weight is 374 g/mol. The number of methoxy groups -OCH3 is 1. The van der Waals surface area contributed by atoms with Crippen molar-refractivity contribution in [3.8, 4) is 11.4 Å². The van der Waals surface area contributed by atoms with Crippen LogP contribution in [0.4, 0.5) is 0 Å². The summed E-state index contributed by atoms with van der Waals surface area (Å²) < 4.78 is 12.6. The number of ether oxygens (including phenoxy) is 2. The summed E-state index contributed by atoms with van der Waals surface area (Å²) in [5.74, 6) is 2.17. The van der Waals surface area contributed by atoms with Gasteiger partial charge in [-0.1, -0.05) is 13.8 Å². The van der Waals surface area contributed by atoms with Gasteiger partial charge in [-0.25, -0.2) is 4.68 Å². The lowest BCUT2D eigenvalue weighted by Gasteiger charge is -2.11. The zero-order valence-electron chi connectivity index (χ0n) is 16.7. The number of aliphatic imine (C=N–C) groups is 1. The van der Waals surface area contributed by atoms with Crippen LogP contribution in [0.3, 0.4) is 0 Å². The van der Waals surface area contributed by atoms with E-state index < -0.39 is 0 Å². The fourth-order valence-electron chi connectivity index (χ4n) is 2.43. The number of aromatic nitrogens is 2. The molecule has 0 spiro atoms. The van der Waals surface area contributed by atoms with Gasteiger partial charge in [-0.05, 0) is 42.7 Å². The average Bonchev–Trinajstić information content (AvgIpc) is 3.15. The number of rotatable bonds is 10. The van der Waals surface area contributed by atoms with Crippen molar-refractivity contribution in [2.24, 2.45) is 10.9 Å². The summed E-state index contributed by atoms with van der Waals surface area (Å²) in [6.45, 7) is 7.29. The van der Waals surface area contributed by atoms with Gasteiger partial charge in [-0.15, -0.1) is 0 Å². The lowest BCUT2D eigenvalue weighted by atomic mass is 10.2. The fourth-order valence-corrected chi connectivity index (χ4v) is 2.43. The van der Waals surface area contributed by atoms with Crippen LogP contribution in [0.25, 0.3) is 5.69 Å². The number of hydrogen-bond acceptors (Lipinski definition) is 4. The summed E-state index contributed by atoms with van der Waals surface area (Å²) in [6, 6.07) is 9.79. The Labute approximate surface area is 161 Å². The molecule has 0 saturated heterocycles. The van der Waals surface area contributed by atoms with Gasteiger partial charge in [0.25, 0.3) is 0 Å². The zero-order chi connectivity index (χ0) is 19.5. The van der Waals surface area contributed by atoms with E-state index in [1.807, 2.05) is 41.2 Å². The predicted molar refractivity (Wildman–Crippen MR) is 109 cm³/mol. The van der Waals surface area contributed by atoms with E-state index in [1.165, 1.54) is 0 Å². The SMILES string of the molecule is CN=C(NCCCOCC(C)C)NCc1ccn(-c2ccc(OC)cc2)n1. The number of nitrogens with one attached hydrogen (secondary N) is 2. The van der Waals surface area contributed by atoms with E-state index in [0.717, 1.165) is 49.3 Å². The summed E-state index contributed by atoms with van der Waals surface area (Å²) in [5, 5.41) is 11.2. The van der Waals surface area contributed by atoms with Gasteiger partial charge in [0, 0.05) is 33.0 Å².